The van der Waals surface area contributed by atoms with E-state index in [0.29, 0.717) is 12.2 Å². The first-order valence-corrected chi connectivity index (χ1v) is 6.18. The lowest BCUT2D eigenvalue weighted by molar-refractivity contribution is 0.0163. The van der Waals surface area contributed by atoms with E-state index in [1.165, 1.54) is 0 Å². The molecular formula is C12H12Cl2F2O. The monoisotopic (exact) mass is 280 g/mol. The fraction of sp³-hybridized carbons (Fsp3) is 0.500. The van der Waals surface area contributed by atoms with Crippen molar-refractivity contribution < 1.29 is 13.5 Å². The Kier molecular flexibility index (Phi) is 3.62. The van der Waals surface area contributed by atoms with Crippen molar-refractivity contribution in [2.24, 2.45) is 0 Å². The van der Waals surface area contributed by atoms with Crippen LogP contribution in [0.1, 0.15) is 30.7 Å². The SMILES string of the molecule is CC1(C(Cl)c2cc(F)c(F)cc2Cl)CCCO1. The zero-order chi connectivity index (χ0) is 12.6. The number of benzene rings is 1. The highest BCUT2D eigenvalue weighted by Crippen LogP contribution is 2.44. The zero-order valence-corrected chi connectivity index (χ0v) is 10.8. The number of rotatable bonds is 2. The molecule has 0 radical (unpaired) electrons. The summed E-state index contributed by atoms with van der Waals surface area (Å²) in [6.45, 7) is 2.48. The summed E-state index contributed by atoms with van der Waals surface area (Å²) in [6.07, 6.45) is 1.68. The van der Waals surface area contributed by atoms with Gasteiger partial charge in [-0.1, -0.05) is 11.6 Å². The van der Waals surface area contributed by atoms with Crippen LogP contribution < -0.4 is 0 Å². The Bertz CT molecular complexity index is 431. The van der Waals surface area contributed by atoms with Crippen molar-refractivity contribution in [3.05, 3.63) is 34.4 Å². The van der Waals surface area contributed by atoms with E-state index in [4.69, 9.17) is 27.9 Å². The highest BCUT2D eigenvalue weighted by Gasteiger charge is 2.39. The first-order valence-electron chi connectivity index (χ1n) is 5.36. The second-order valence-corrected chi connectivity index (χ2v) is 5.26. The van der Waals surface area contributed by atoms with E-state index in [0.717, 1.165) is 25.0 Å². The number of halogens is 4. The van der Waals surface area contributed by atoms with Crippen LogP contribution in [-0.2, 0) is 4.74 Å². The summed E-state index contributed by atoms with van der Waals surface area (Å²) in [7, 11) is 0. The molecule has 1 aromatic rings. The van der Waals surface area contributed by atoms with Gasteiger partial charge < -0.3 is 4.74 Å². The Morgan fingerprint density at radius 1 is 1.35 bits per heavy atom. The number of hydrogen-bond acceptors (Lipinski definition) is 1. The molecule has 94 valence electrons. The van der Waals surface area contributed by atoms with Gasteiger partial charge in [-0.25, -0.2) is 8.78 Å². The predicted molar refractivity (Wildman–Crippen MR) is 63.6 cm³/mol. The predicted octanol–water partition coefficient (Wildman–Crippen LogP) is 4.47. The molecule has 1 aromatic carbocycles. The molecule has 1 fully saturated rings. The minimum atomic E-state index is -0.972. The Morgan fingerprint density at radius 2 is 2.00 bits per heavy atom. The molecule has 5 heteroatoms. The average Bonchev–Trinajstić information content (AvgIpc) is 2.71. The molecule has 0 bridgehead atoms. The second-order valence-electron chi connectivity index (χ2n) is 4.42. The van der Waals surface area contributed by atoms with Gasteiger partial charge in [0, 0.05) is 11.6 Å². The molecule has 2 unspecified atom stereocenters. The maximum absolute atomic E-state index is 13.2. The van der Waals surface area contributed by atoms with Crippen LogP contribution in [0.3, 0.4) is 0 Å². The van der Waals surface area contributed by atoms with Crippen molar-refractivity contribution in [2.45, 2.75) is 30.7 Å². The lowest BCUT2D eigenvalue weighted by atomic mass is 9.93. The molecule has 0 amide bonds. The highest BCUT2D eigenvalue weighted by molar-refractivity contribution is 6.33. The fourth-order valence-electron chi connectivity index (χ4n) is 2.06. The van der Waals surface area contributed by atoms with Crippen LogP contribution >= 0.6 is 23.2 Å². The first kappa shape index (κ1) is 13.1. The van der Waals surface area contributed by atoms with E-state index in [2.05, 4.69) is 0 Å². The fourth-order valence-corrected chi connectivity index (χ4v) is 2.73. The Hall–Kier alpha value is -0.380. The molecular weight excluding hydrogens is 269 g/mol. The van der Waals surface area contributed by atoms with Crippen molar-refractivity contribution in [3.63, 3.8) is 0 Å². The minimum Gasteiger partial charge on any atom is -0.373 e. The van der Waals surface area contributed by atoms with Gasteiger partial charge in [0.1, 0.15) is 0 Å². The molecule has 0 aliphatic carbocycles. The molecule has 0 N–H and O–H groups in total. The van der Waals surface area contributed by atoms with Gasteiger partial charge in [0.2, 0.25) is 0 Å². The lowest BCUT2D eigenvalue weighted by Crippen LogP contribution is -2.29. The molecule has 0 saturated carbocycles. The third-order valence-electron chi connectivity index (χ3n) is 3.10. The quantitative estimate of drug-likeness (QED) is 0.574. The van der Waals surface area contributed by atoms with Gasteiger partial charge in [-0.2, -0.15) is 0 Å². The van der Waals surface area contributed by atoms with Crippen molar-refractivity contribution >= 4 is 23.2 Å². The molecule has 2 atom stereocenters. The maximum atomic E-state index is 13.2. The Labute approximate surface area is 109 Å². The average molecular weight is 281 g/mol. The minimum absolute atomic E-state index is 0.126. The first-order chi connectivity index (χ1) is 7.94. The van der Waals surface area contributed by atoms with Crippen LogP contribution in [-0.4, -0.2) is 12.2 Å². The van der Waals surface area contributed by atoms with Crippen LogP contribution in [0.4, 0.5) is 8.78 Å². The standard InChI is InChI=1S/C12H12Cl2F2O/c1-12(3-2-4-17-12)11(14)7-5-9(15)10(16)6-8(7)13/h5-6,11H,2-4H2,1H3. The molecule has 0 spiro atoms. The number of alkyl halides is 1. The van der Waals surface area contributed by atoms with Crippen LogP contribution in [0, 0.1) is 11.6 Å². The van der Waals surface area contributed by atoms with Gasteiger partial charge in [-0.05, 0) is 37.5 Å². The van der Waals surface area contributed by atoms with E-state index < -0.39 is 22.6 Å². The third-order valence-corrected chi connectivity index (χ3v) is 4.12. The van der Waals surface area contributed by atoms with E-state index >= 15 is 0 Å². The normalized spacial score (nSPS) is 26.2. The topological polar surface area (TPSA) is 9.23 Å². The molecule has 0 aromatic heterocycles. The molecule has 1 saturated heterocycles. The van der Waals surface area contributed by atoms with Crippen LogP contribution in [0.15, 0.2) is 12.1 Å². The molecule has 1 aliphatic rings. The summed E-state index contributed by atoms with van der Waals surface area (Å²) in [6, 6.07) is 1.99. The Morgan fingerprint density at radius 3 is 2.59 bits per heavy atom. The van der Waals surface area contributed by atoms with Crippen molar-refractivity contribution in [3.8, 4) is 0 Å². The van der Waals surface area contributed by atoms with Gasteiger partial charge in [-0.15, -0.1) is 11.6 Å². The zero-order valence-electron chi connectivity index (χ0n) is 9.27. The smallest absolute Gasteiger partial charge is 0.160 e. The molecule has 1 nitrogen and oxygen atoms in total. The van der Waals surface area contributed by atoms with Crippen LogP contribution in [0.2, 0.25) is 5.02 Å². The summed E-state index contributed by atoms with van der Waals surface area (Å²) in [4.78, 5) is 0. The third kappa shape index (κ3) is 2.42. The summed E-state index contributed by atoms with van der Waals surface area (Å²) in [5.74, 6) is -1.92. The van der Waals surface area contributed by atoms with Gasteiger partial charge >= 0.3 is 0 Å². The van der Waals surface area contributed by atoms with E-state index in [1.54, 1.807) is 0 Å². The summed E-state index contributed by atoms with van der Waals surface area (Å²) < 4.78 is 31.7. The van der Waals surface area contributed by atoms with Gasteiger partial charge in [0.05, 0.1) is 11.0 Å². The lowest BCUT2D eigenvalue weighted by Gasteiger charge is -2.29. The van der Waals surface area contributed by atoms with Crippen molar-refractivity contribution in [1.29, 1.82) is 0 Å². The van der Waals surface area contributed by atoms with E-state index in [9.17, 15) is 8.78 Å². The van der Waals surface area contributed by atoms with Crippen molar-refractivity contribution in [1.82, 2.24) is 0 Å². The number of hydrogen-bond donors (Lipinski definition) is 0. The van der Waals surface area contributed by atoms with E-state index in [-0.39, 0.29) is 5.02 Å². The largest absolute Gasteiger partial charge is 0.373 e. The van der Waals surface area contributed by atoms with Gasteiger partial charge in [-0.3, -0.25) is 0 Å². The molecule has 2 rings (SSSR count). The second kappa shape index (κ2) is 4.71. The molecule has 1 aliphatic heterocycles. The number of ether oxygens (including phenoxy) is 1. The highest BCUT2D eigenvalue weighted by atomic mass is 35.5. The summed E-state index contributed by atoms with van der Waals surface area (Å²) in [5.41, 5.74) is -0.202. The maximum Gasteiger partial charge on any atom is 0.160 e. The molecule has 17 heavy (non-hydrogen) atoms. The van der Waals surface area contributed by atoms with Gasteiger partial charge in [0.15, 0.2) is 11.6 Å². The van der Waals surface area contributed by atoms with E-state index in [1.807, 2.05) is 6.92 Å². The van der Waals surface area contributed by atoms with Gasteiger partial charge in [0.25, 0.3) is 0 Å². The van der Waals surface area contributed by atoms with Crippen LogP contribution in [0.25, 0.3) is 0 Å². The van der Waals surface area contributed by atoms with Crippen LogP contribution in [0.5, 0.6) is 0 Å². The van der Waals surface area contributed by atoms with Crippen molar-refractivity contribution in [2.75, 3.05) is 6.61 Å². The summed E-state index contributed by atoms with van der Waals surface area (Å²) >= 11 is 12.2. The summed E-state index contributed by atoms with van der Waals surface area (Å²) in [5, 5.41) is -0.465. The Balaban J connectivity index is 2.36. The molecule has 1 heterocycles.